The molecule has 0 fully saturated rings. The van der Waals surface area contributed by atoms with Crippen LogP contribution >= 0.6 is 0 Å². The Hall–Kier alpha value is -1.25. The highest BCUT2D eigenvalue weighted by Crippen LogP contribution is 2.05. The number of ether oxygens (including phenoxy) is 1. The molecule has 0 bridgehead atoms. The zero-order chi connectivity index (χ0) is 10.8. The van der Waals surface area contributed by atoms with Gasteiger partial charge in [-0.25, -0.2) is 4.79 Å². The minimum absolute atomic E-state index is 0.0903. The van der Waals surface area contributed by atoms with Gasteiger partial charge in [0.25, 0.3) is 0 Å². The van der Waals surface area contributed by atoms with Gasteiger partial charge in [0.15, 0.2) is 0 Å². The maximum absolute atomic E-state index is 10.9. The molecular formula is C11H18O3. The van der Waals surface area contributed by atoms with Gasteiger partial charge in [-0.2, -0.15) is 0 Å². The quantitative estimate of drug-likeness (QED) is 0.225. The highest BCUT2D eigenvalue weighted by atomic mass is 16.5. The van der Waals surface area contributed by atoms with Gasteiger partial charge in [0, 0.05) is 6.42 Å². The number of esters is 1. The van der Waals surface area contributed by atoms with Crippen molar-refractivity contribution in [3.8, 4) is 0 Å². The average molecular weight is 198 g/mol. The van der Waals surface area contributed by atoms with Crippen LogP contribution in [0.5, 0.6) is 0 Å². The third-order valence-electron chi connectivity index (χ3n) is 1.66. The second kappa shape index (κ2) is 8.35. The molecule has 0 aromatic carbocycles. The largest absolute Gasteiger partial charge is 0.512 e. The van der Waals surface area contributed by atoms with Crippen molar-refractivity contribution in [3.63, 3.8) is 0 Å². The van der Waals surface area contributed by atoms with E-state index in [4.69, 9.17) is 0 Å². The van der Waals surface area contributed by atoms with Gasteiger partial charge in [-0.05, 0) is 6.42 Å². The molecule has 0 aromatic rings. The maximum atomic E-state index is 10.9. The van der Waals surface area contributed by atoms with E-state index in [1.54, 1.807) is 0 Å². The van der Waals surface area contributed by atoms with Crippen molar-refractivity contribution in [2.45, 2.75) is 32.6 Å². The normalized spacial score (nSPS) is 11.1. The van der Waals surface area contributed by atoms with E-state index < -0.39 is 5.97 Å². The zero-order valence-corrected chi connectivity index (χ0v) is 8.66. The molecule has 0 atom stereocenters. The van der Waals surface area contributed by atoms with E-state index in [0.717, 1.165) is 25.3 Å². The summed E-state index contributed by atoms with van der Waals surface area (Å²) in [5.41, 5.74) is 0. The van der Waals surface area contributed by atoms with Crippen LogP contribution < -0.4 is 0 Å². The number of unbranched alkanes of at least 4 members (excludes halogenated alkanes) is 2. The molecule has 80 valence electrons. The van der Waals surface area contributed by atoms with Crippen molar-refractivity contribution < 1.29 is 14.6 Å². The number of hydrogen-bond acceptors (Lipinski definition) is 3. The van der Waals surface area contributed by atoms with Crippen LogP contribution in [-0.2, 0) is 9.53 Å². The van der Waals surface area contributed by atoms with Crippen molar-refractivity contribution >= 4 is 5.97 Å². The second-order valence-corrected chi connectivity index (χ2v) is 3.01. The predicted molar refractivity (Wildman–Crippen MR) is 56.0 cm³/mol. The summed E-state index contributed by atoms with van der Waals surface area (Å²) >= 11 is 0. The first-order chi connectivity index (χ1) is 6.70. The SMILES string of the molecule is C=CCOC(=O)C=C(O)CCCCC. The molecular weight excluding hydrogens is 180 g/mol. The first-order valence-electron chi connectivity index (χ1n) is 4.88. The summed E-state index contributed by atoms with van der Waals surface area (Å²) in [4.78, 5) is 10.9. The lowest BCUT2D eigenvalue weighted by atomic mass is 10.2. The van der Waals surface area contributed by atoms with Crippen LogP contribution in [0, 0.1) is 0 Å². The minimum atomic E-state index is -0.515. The van der Waals surface area contributed by atoms with E-state index in [-0.39, 0.29) is 12.4 Å². The summed E-state index contributed by atoms with van der Waals surface area (Å²) in [6.45, 7) is 5.67. The minimum Gasteiger partial charge on any atom is -0.512 e. The molecule has 0 aliphatic carbocycles. The zero-order valence-electron chi connectivity index (χ0n) is 8.66. The van der Waals surface area contributed by atoms with Crippen LogP contribution in [-0.4, -0.2) is 17.7 Å². The Bertz CT molecular complexity index is 207. The van der Waals surface area contributed by atoms with Crippen LogP contribution in [0.15, 0.2) is 24.5 Å². The fourth-order valence-electron chi connectivity index (χ4n) is 0.947. The summed E-state index contributed by atoms with van der Waals surface area (Å²) in [6.07, 6.45) is 6.19. The number of allylic oxidation sites excluding steroid dienone is 1. The lowest BCUT2D eigenvalue weighted by molar-refractivity contribution is -0.136. The van der Waals surface area contributed by atoms with Crippen LogP contribution in [0.2, 0.25) is 0 Å². The summed E-state index contributed by atoms with van der Waals surface area (Å²) in [5, 5.41) is 9.28. The van der Waals surface area contributed by atoms with E-state index in [0.29, 0.717) is 6.42 Å². The van der Waals surface area contributed by atoms with Crippen LogP contribution in [0.25, 0.3) is 0 Å². The Balaban J connectivity index is 3.72. The summed E-state index contributed by atoms with van der Waals surface area (Å²) in [6, 6.07) is 0. The fourth-order valence-corrected chi connectivity index (χ4v) is 0.947. The second-order valence-electron chi connectivity index (χ2n) is 3.01. The van der Waals surface area contributed by atoms with Crippen molar-refractivity contribution in [3.05, 3.63) is 24.5 Å². The van der Waals surface area contributed by atoms with Crippen molar-refractivity contribution in [2.24, 2.45) is 0 Å². The third-order valence-corrected chi connectivity index (χ3v) is 1.66. The Morgan fingerprint density at radius 3 is 2.79 bits per heavy atom. The number of hydrogen-bond donors (Lipinski definition) is 1. The van der Waals surface area contributed by atoms with Gasteiger partial charge in [-0.1, -0.05) is 32.4 Å². The third kappa shape index (κ3) is 7.40. The lowest BCUT2D eigenvalue weighted by Gasteiger charge is -1.99. The Kier molecular flexibility index (Phi) is 7.61. The maximum Gasteiger partial charge on any atom is 0.334 e. The number of aliphatic hydroxyl groups excluding tert-OH is 1. The first kappa shape index (κ1) is 12.8. The molecule has 0 aliphatic rings. The van der Waals surface area contributed by atoms with Gasteiger partial charge in [0.1, 0.15) is 6.61 Å². The molecule has 0 aliphatic heterocycles. The molecule has 3 heteroatoms. The Morgan fingerprint density at radius 2 is 2.21 bits per heavy atom. The van der Waals surface area contributed by atoms with Crippen LogP contribution in [0.1, 0.15) is 32.6 Å². The molecule has 1 N–H and O–H groups in total. The Labute approximate surface area is 85.1 Å². The van der Waals surface area contributed by atoms with Crippen LogP contribution in [0.3, 0.4) is 0 Å². The first-order valence-corrected chi connectivity index (χ1v) is 4.88. The monoisotopic (exact) mass is 198 g/mol. The standard InChI is InChI=1S/C11H18O3/c1-3-5-6-7-10(12)9-11(13)14-8-4-2/h4,9,12H,2-3,5-8H2,1H3. The van der Waals surface area contributed by atoms with Gasteiger partial charge in [-0.15, -0.1) is 0 Å². The molecule has 0 rings (SSSR count). The number of carbonyl (C=O) groups excluding carboxylic acids is 1. The molecule has 14 heavy (non-hydrogen) atoms. The van der Waals surface area contributed by atoms with Gasteiger partial charge in [0.2, 0.25) is 0 Å². The molecule has 0 saturated carbocycles. The number of aliphatic hydroxyl groups is 1. The average Bonchev–Trinajstić information content (AvgIpc) is 2.15. The van der Waals surface area contributed by atoms with Crippen LogP contribution in [0.4, 0.5) is 0 Å². The van der Waals surface area contributed by atoms with E-state index in [9.17, 15) is 9.90 Å². The summed E-state index contributed by atoms with van der Waals surface area (Å²) in [7, 11) is 0. The summed E-state index contributed by atoms with van der Waals surface area (Å²) in [5.74, 6) is -0.425. The molecule has 3 nitrogen and oxygen atoms in total. The predicted octanol–water partition coefficient (Wildman–Crippen LogP) is 2.74. The molecule has 0 saturated heterocycles. The van der Waals surface area contributed by atoms with Crippen molar-refractivity contribution in [1.29, 1.82) is 0 Å². The van der Waals surface area contributed by atoms with E-state index in [2.05, 4.69) is 18.2 Å². The smallest absolute Gasteiger partial charge is 0.334 e. The summed E-state index contributed by atoms with van der Waals surface area (Å²) < 4.78 is 4.67. The van der Waals surface area contributed by atoms with Crippen molar-refractivity contribution in [1.82, 2.24) is 0 Å². The van der Waals surface area contributed by atoms with E-state index in [1.165, 1.54) is 6.08 Å². The van der Waals surface area contributed by atoms with Gasteiger partial charge in [0.05, 0.1) is 11.8 Å². The van der Waals surface area contributed by atoms with E-state index in [1.807, 2.05) is 0 Å². The fraction of sp³-hybridized carbons (Fsp3) is 0.545. The Morgan fingerprint density at radius 1 is 1.50 bits per heavy atom. The van der Waals surface area contributed by atoms with Gasteiger partial charge < -0.3 is 9.84 Å². The van der Waals surface area contributed by atoms with E-state index >= 15 is 0 Å². The molecule has 0 aromatic heterocycles. The molecule has 0 spiro atoms. The molecule has 0 amide bonds. The lowest BCUT2D eigenvalue weighted by Crippen LogP contribution is -2.01. The molecule has 0 heterocycles. The van der Waals surface area contributed by atoms with Gasteiger partial charge >= 0.3 is 5.97 Å². The highest BCUT2D eigenvalue weighted by Gasteiger charge is 2.00. The molecule has 0 unspecified atom stereocenters. The highest BCUT2D eigenvalue weighted by molar-refractivity contribution is 5.82. The molecule has 0 radical (unpaired) electrons. The number of carbonyl (C=O) groups is 1. The topological polar surface area (TPSA) is 46.5 Å². The number of rotatable bonds is 7. The van der Waals surface area contributed by atoms with Crippen molar-refractivity contribution in [2.75, 3.05) is 6.61 Å². The van der Waals surface area contributed by atoms with Gasteiger partial charge in [-0.3, -0.25) is 0 Å².